The summed E-state index contributed by atoms with van der Waals surface area (Å²) in [6.45, 7) is 7.82. The highest BCUT2D eigenvalue weighted by Gasteiger charge is 2.15. The quantitative estimate of drug-likeness (QED) is 0.681. The first-order valence-corrected chi connectivity index (χ1v) is 9.77. The zero-order valence-electron chi connectivity index (χ0n) is 15.4. The van der Waals surface area contributed by atoms with Crippen LogP contribution in [0, 0.1) is 0 Å². The Morgan fingerprint density at radius 1 is 1.04 bits per heavy atom. The molecule has 0 radical (unpaired) electrons. The minimum atomic E-state index is 0.655. The van der Waals surface area contributed by atoms with Gasteiger partial charge >= 0.3 is 0 Å². The van der Waals surface area contributed by atoms with Crippen LogP contribution in [0.25, 0.3) is 0 Å². The monoisotopic (exact) mass is 370 g/mol. The van der Waals surface area contributed by atoms with Crippen molar-refractivity contribution in [1.82, 2.24) is 5.32 Å². The van der Waals surface area contributed by atoms with E-state index in [0.717, 1.165) is 51.5 Å². The predicted octanol–water partition coefficient (Wildman–Crippen LogP) is 2.15. The Bertz CT molecular complexity index is 711. The molecule has 1 heterocycles. The van der Waals surface area contributed by atoms with E-state index in [0.29, 0.717) is 5.11 Å². The van der Waals surface area contributed by atoms with E-state index in [4.69, 9.17) is 17.0 Å². The van der Waals surface area contributed by atoms with Gasteiger partial charge < -0.3 is 20.3 Å². The van der Waals surface area contributed by atoms with Crippen molar-refractivity contribution in [2.75, 3.05) is 31.6 Å². The highest BCUT2D eigenvalue weighted by molar-refractivity contribution is 7.80. The maximum Gasteiger partial charge on any atom is 0.171 e. The van der Waals surface area contributed by atoms with Gasteiger partial charge in [-0.05, 0) is 41.9 Å². The smallest absolute Gasteiger partial charge is 0.171 e. The molecule has 2 aromatic rings. The molecule has 2 aromatic carbocycles. The van der Waals surface area contributed by atoms with E-state index in [1.54, 1.807) is 4.90 Å². The van der Waals surface area contributed by atoms with Crippen molar-refractivity contribution in [2.45, 2.75) is 26.4 Å². The molecule has 5 heteroatoms. The molecule has 1 aliphatic rings. The largest absolute Gasteiger partial charge is 0.370 e. The van der Waals surface area contributed by atoms with E-state index in [-0.39, 0.29) is 0 Å². The molecule has 0 atom stereocenters. The van der Waals surface area contributed by atoms with E-state index in [1.807, 2.05) is 0 Å². The Kier molecular flexibility index (Phi) is 7.00. The third-order valence-corrected chi connectivity index (χ3v) is 5.06. The second-order valence-corrected chi connectivity index (χ2v) is 7.07. The van der Waals surface area contributed by atoms with Gasteiger partial charge in [-0.3, -0.25) is 0 Å². The zero-order valence-corrected chi connectivity index (χ0v) is 16.2. The summed E-state index contributed by atoms with van der Waals surface area (Å²) in [7, 11) is 0. The standard InChI is InChI=1S/C21H27N3OS/c1-2-17-7-9-20(10-8-17)23-21(26)22-15-18-5-3-4-6-19(18)16-24-11-13-25-14-12-24/h3-10H,2,11-16H2,1H3,(H2,22,23,26)/p+1. The van der Waals surface area contributed by atoms with Crippen molar-refractivity contribution < 1.29 is 9.64 Å². The molecule has 1 aliphatic heterocycles. The highest BCUT2D eigenvalue weighted by atomic mass is 32.1. The van der Waals surface area contributed by atoms with Crippen molar-refractivity contribution in [3.05, 3.63) is 65.2 Å². The number of hydrogen-bond acceptors (Lipinski definition) is 2. The summed E-state index contributed by atoms with van der Waals surface area (Å²) in [6.07, 6.45) is 1.05. The fraction of sp³-hybridized carbons (Fsp3) is 0.381. The molecule has 0 spiro atoms. The lowest BCUT2D eigenvalue weighted by Gasteiger charge is -2.24. The van der Waals surface area contributed by atoms with Crippen molar-refractivity contribution in [2.24, 2.45) is 0 Å². The number of nitrogens with one attached hydrogen (secondary N) is 3. The Hall–Kier alpha value is -1.95. The van der Waals surface area contributed by atoms with Gasteiger partial charge in [0.2, 0.25) is 0 Å². The molecule has 0 saturated carbocycles. The Morgan fingerprint density at radius 3 is 2.42 bits per heavy atom. The average Bonchev–Trinajstić information content (AvgIpc) is 2.69. The van der Waals surface area contributed by atoms with E-state index in [9.17, 15) is 0 Å². The minimum absolute atomic E-state index is 0.655. The van der Waals surface area contributed by atoms with Crippen LogP contribution >= 0.6 is 12.2 Å². The number of quaternary nitrogens is 1. The van der Waals surface area contributed by atoms with Crippen molar-refractivity contribution in [1.29, 1.82) is 0 Å². The van der Waals surface area contributed by atoms with Gasteiger partial charge in [0.15, 0.2) is 5.11 Å². The van der Waals surface area contributed by atoms with Crippen LogP contribution in [0.5, 0.6) is 0 Å². The summed E-state index contributed by atoms with van der Waals surface area (Å²) < 4.78 is 5.46. The minimum Gasteiger partial charge on any atom is -0.370 e. The normalized spacial score (nSPS) is 14.8. The summed E-state index contributed by atoms with van der Waals surface area (Å²) in [5, 5.41) is 7.26. The molecular formula is C21H28N3OS+. The van der Waals surface area contributed by atoms with Gasteiger partial charge in [0.1, 0.15) is 19.6 Å². The third-order valence-electron chi connectivity index (χ3n) is 4.82. The van der Waals surface area contributed by atoms with Gasteiger partial charge in [-0.1, -0.05) is 43.3 Å². The van der Waals surface area contributed by atoms with Crippen LogP contribution in [0.15, 0.2) is 48.5 Å². The maximum atomic E-state index is 5.46. The molecule has 1 saturated heterocycles. The lowest BCUT2D eigenvalue weighted by Crippen LogP contribution is -3.12. The first-order chi connectivity index (χ1) is 12.7. The van der Waals surface area contributed by atoms with E-state index in [1.165, 1.54) is 16.7 Å². The fourth-order valence-electron chi connectivity index (χ4n) is 3.18. The van der Waals surface area contributed by atoms with Crippen LogP contribution < -0.4 is 15.5 Å². The van der Waals surface area contributed by atoms with E-state index in [2.05, 4.69) is 66.1 Å². The number of rotatable bonds is 6. The number of benzene rings is 2. The molecule has 138 valence electrons. The second kappa shape index (κ2) is 9.67. The van der Waals surface area contributed by atoms with Crippen LogP contribution in [0.2, 0.25) is 0 Å². The van der Waals surface area contributed by atoms with Gasteiger partial charge in [-0.2, -0.15) is 0 Å². The second-order valence-electron chi connectivity index (χ2n) is 6.67. The molecule has 1 fully saturated rings. The van der Waals surface area contributed by atoms with Gasteiger partial charge in [-0.25, -0.2) is 0 Å². The maximum absolute atomic E-state index is 5.46. The third kappa shape index (κ3) is 5.53. The van der Waals surface area contributed by atoms with Crippen LogP contribution in [-0.4, -0.2) is 31.4 Å². The van der Waals surface area contributed by atoms with Crippen molar-refractivity contribution >= 4 is 23.0 Å². The number of anilines is 1. The first kappa shape index (κ1) is 18.8. The molecule has 0 aliphatic carbocycles. The number of aryl methyl sites for hydroxylation is 1. The SMILES string of the molecule is CCc1ccc(NC(=S)NCc2ccccc2C[NH+]2CCOCC2)cc1. The van der Waals surface area contributed by atoms with Gasteiger partial charge in [0.25, 0.3) is 0 Å². The Balaban J connectivity index is 1.54. The molecule has 0 unspecified atom stereocenters. The van der Waals surface area contributed by atoms with Crippen LogP contribution in [0.1, 0.15) is 23.6 Å². The molecule has 3 rings (SSSR count). The highest BCUT2D eigenvalue weighted by Crippen LogP contribution is 2.11. The fourth-order valence-corrected chi connectivity index (χ4v) is 3.37. The van der Waals surface area contributed by atoms with Gasteiger partial charge in [0.05, 0.1) is 13.2 Å². The molecule has 26 heavy (non-hydrogen) atoms. The Morgan fingerprint density at radius 2 is 1.73 bits per heavy atom. The Labute approximate surface area is 161 Å². The number of thiocarbonyl (C=S) groups is 1. The predicted molar refractivity (Wildman–Crippen MR) is 111 cm³/mol. The van der Waals surface area contributed by atoms with Crippen molar-refractivity contribution in [3.8, 4) is 0 Å². The van der Waals surface area contributed by atoms with Gasteiger partial charge in [0, 0.05) is 17.8 Å². The van der Waals surface area contributed by atoms with Crippen LogP contribution in [-0.2, 0) is 24.2 Å². The molecular weight excluding hydrogens is 342 g/mol. The number of ether oxygens (including phenoxy) is 1. The lowest BCUT2D eigenvalue weighted by molar-refractivity contribution is -0.921. The lowest BCUT2D eigenvalue weighted by atomic mass is 10.1. The zero-order chi connectivity index (χ0) is 18.2. The summed E-state index contributed by atoms with van der Waals surface area (Å²) in [5.74, 6) is 0. The topological polar surface area (TPSA) is 37.7 Å². The molecule has 0 aromatic heterocycles. The number of hydrogen-bond donors (Lipinski definition) is 3. The van der Waals surface area contributed by atoms with Gasteiger partial charge in [-0.15, -0.1) is 0 Å². The van der Waals surface area contributed by atoms with Crippen LogP contribution in [0.3, 0.4) is 0 Å². The summed E-state index contributed by atoms with van der Waals surface area (Å²) in [4.78, 5) is 1.58. The first-order valence-electron chi connectivity index (χ1n) is 9.36. The molecule has 0 amide bonds. The average molecular weight is 371 g/mol. The molecule has 0 bridgehead atoms. The van der Waals surface area contributed by atoms with E-state index >= 15 is 0 Å². The number of morpholine rings is 1. The van der Waals surface area contributed by atoms with Crippen molar-refractivity contribution in [3.63, 3.8) is 0 Å². The summed E-state index contributed by atoms with van der Waals surface area (Å²) in [6, 6.07) is 17.0. The summed E-state index contributed by atoms with van der Waals surface area (Å²) in [5.41, 5.74) is 5.03. The van der Waals surface area contributed by atoms with Crippen LogP contribution in [0.4, 0.5) is 5.69 Å². The molecule has 3 N–H and O–H groups in total. The summed E-state index contributed by atoms with van der Waals surface area (Å²) >= 11 is 5.46. The van der Waals surface area contributed by atoms with E-state index < -0.39 is 0 Å². The molecule has 4 nitrogen and oxygen atoms in total.